The van der Waals surface area contributed by atoms with E-state index in [0.717, 1.165) is 54.4 Å². The number of benzene rings is 1. The van der Waals surface area contributed by atoms with E-state index in [2.05, 4.69) is 10.1 Å². The molecule has 3 aromatic heterocycles. The van der Waals surface area contributed by atoms with Crippen LogP contribution in [0.1, 0.15) is 33.8 Å². The number of aromatic nitrogens is 1. The van der Waals surface area contributed by atoms with E-state index in [0.29, 0.717) is 18.0 Å². The minimum Gasteiger partial charge on any atom is -0.467 e. The highest BCUT2D eigenvalue weighted by molar-refractivity contribution is 7.12. The zero-order chi connectivity index (χ0) is 21.0. The number of hydrogen-bond acceptors (Lipinski definition) is 6. The van der Waals surface area contributed by atoms with Crippen molar-refractivity contribution in [3.8, 4) is 11.3 Å². The highest BCUT2D eigenvalue weighted by atomic mass is 32.1. The second-order valence-electron chi connectivity index (χ2n) is 7.59. The van der Waals surface area contributed by atoms with Crippen molar-refractivity contribution in [2.45, 2.75) is 25.9 Å². The molecule has 0 unspecified atom stereocenters. The summed E-state index contributed by atoms with van der Waals surface area (Å²) in [5.74, 6) is 1.48. The molecule has 4 aromatic rings. The SMILES string of the molecule is O=C(c1cccs1)N(Cc1ccco1)Cc1c(-c2ccccc2)noc1N1CCCC1. The minimum atomic E-state index is -0.0287. The number of nitrogens with zero attached hydrogens (tertiary/aromatic N) is 3. The van der Waals surface area contributed by atoms with Gasteiger partial charge in [0.05, 0.1) is 29.8 Å². The fraction of sp³-hybridized carbons (Fsp3) is 0.250. The van der Waals surface area contributed by atoms with Crippen molar-refractivity contribution in [2.24, 2.45) is 0 Å². The lowest BCUT2D eigenvalue weighted by atomic mass is 10.1. The molecule has 158 valence electrons. The van der Waals surface area contributed by atoms with E-state index in [4.69, 9.17) is 8.94 Å². The lowest BCUT2D eigenvalue weighted by Gasteiger charge is -2.23. The molecule has 31 heavy (non-hydrogen) atoms. The topological polar surface area (TPSA) is 62.7 Å². The average molecular weight is 434 g/mol. The molecule has 0 aliphatic carbocycles. The van der Waals surface area contributed by atoms with Crippen LogP contribution in [-0.4, -0.2) is 29.1 Å². The Kier molecular flexibility index (Phi) is 5.58. The highest BCUT2D eigenvalue weighted by Crippen LogP contribution is 2.34. The van der Waals surface area contributed by atoms with E-state index in [1.165, 1.54) is 11.3 Å². The third-order valence-corrected chi connectivity index (χ3v) is 6.36. The van der Waals surface area contributed by atoms with Crippen LogP contribution >= 0.6 is 11.3 Å². The predicted octanol–water partition coefficient (Wildman–Crippen LogP) is 5.44. The van der Waals surface area contributed by atoms with Gasteiger partial charge in [-0.05, 0) is 36.4 Å². The number of anilines is 1. The number of hydrogen-bond donors (Lipinski definition) is 0. The van der Waals surface area contributed by atoms with Crippen LogP contribution in [0.2, 0.25) is 0 Å². The summed E-state index contributed by atoms with van der Waals surface area (Å²) >= 11 is 1.44. The van der Waals surface area contributed by atoms with Crippen molar-refractivity contribution in [3.63, 3.8) is 0 Å². The molecule has 5 rings (SSSR count). The molecule has 0 N–H and O–H groups in total. The predicted molar refractivity (Wildman–Crippen MR) is 120 cm³/mol. The van der Waals surface area contributed by atoms with Crippen molar-refractivity contribution in [2.75, 3.05) is 18.0 Å². The maximum atomic E-state index is 13.4. The maximum absolute atomic E-state index is 13.4. The largest absolute Gasteiger partial charge is 0.467 e. The summed E-state index contributed by atoms with van der Waals surface area (Å²) in [4.78, 5) is 18.1. The standard InChI is InChI=1S/C24H23N3O3S/c28-23(21-11-7-15-31-21)27(16-19-10-6-14-29-19)17-20-22(18-8-2-1-3-9-18)25-30-24(20)26-12-4-5-13-26/h1-3,6-11,14-15H,4-5,12-13,16-17H2. The Morgan fingerprint density at radius 3 is 2.58 bits per heavy atom. The van der Waals surface area contributed by atoms with Gasteiger partial charge in [-0.25, -0.2) is 0 Å². The minimum absolute atomic E-state index is 0.0287. The van der Waals surface area contributed by atoms with Gasteiger partial charge in [-0.15, -0.1) is 11.3 Å². The molecular weight excluding hydrogens is 410 g/mol. The van der Waals surface area contributed by atoms with Crippen LogP contribution < -0.4 is 4.90 Å². The summed E-state index contributed by atoms with van der Waals surface area (Å²) in [6.45, 7) is 2.64. The van der Waals surface area contributed by atoms with Gasteiger partial charge in [-0.3, -0.25) is 4.79 Å². The van der Waals surface area contributed by atoms with Crippen molar-refractivity contribution in [1.82, 2.24) is 10.1 Å². The fourth-order valence-electron chi connectivity index (χ4n) is 3.97. The summed E-state index contributed by atoms with van der Waals surface area (Å²) in [6.07, 6.45) is 3.89. The van der Waals surface area contributed by atoms with E-state index >= 15 is 0 Å². The molecule has 1 fully saturated rings. The molecule has 0 atom stereocenters. The van der Waals surface area contributed by atoms with Gasteiger partial charge in [-0.2, -0.15) is 0 Å². The van der Waals surface area contributed by atoms with Crippen LogP contribution in [-0.2, 0) is 13.1 Å². The zero-order valence-electron chi connectivity index (χ0n) is 17.1. The smallest absolute Gasteiger partial charge is 0.264 e. The maximum Gasteiger partial charge on any atom is 0.264 e. The summed E-state index contributed by atoms with van der Waals surface area (Å²) in [7, 11) is 0. The van der Waals surface area contributed by atoms with Crippen LogP contribution in [0.15, 0.2) is 75.2 Å². The Morgan fingerprint density at radius 1 is 1.03 bits per heavy atom. The van der Waals surface area contributed by atoms with Crippen molar-refractivity contribution in [3.05, 3.63) is 82.4 Å². The number of furan rings is 1. The van der Waals surface area contributed by atoms with Gasteiger partial charge in [0.25, 0.3) is 5.91 Å². The Labute approximate surface area is 184 Å². The van der Waals surface area contributed by atoms with Crippen molar-refractivity contribution < 1.29 is 13.7 Å². The third kappa shape index (κ3) is 4.14. The lowest BCUT2D eigenvalue weighted by Crippen LogP contribution is -2.30. The van der Waals surface area contributed by atoms with E-state index in [1.54, 1.807) is 6.26 Å². The van der Waals surface area contributed by atoms with E-state index < -0.39 is 0 Å². The van der Waals surface area contributed by atoms with E-state index in [-0.39, 0.29) is 5.91 Å². The van der Waals surface area contributed by atoms with Crippen molar-refractivity contribution in [1.29, 1.82) is 0 Å². The Morgan fingerprint density at radius 2 is 1.87 bits per heavy atom. The van der Waals surface area contributed by atoms with Crippen LogP contribution in [0.5, 0.6) is 0 Å². The first-order chi connectivity index (χ1) is 15.3. The number of thiophene rings is 1. The Balaban J connectivity index is 1.54. The molecule has 1 aliphatic rings. The van der Waals surface area contributed by atoms with Gasteiger partial charge in [0.15, 0.2) is 0 Å². The van der Waals surface area contributed by atoms with Gasteiger partial charge < -0.3 is 18.7 Å². The van der Waals surface area contributed by atoms with Crippen LogP contribution in [0.25, 0.3) is 11.3 Å². The van der Waals surface area contributed by atoms with Gasteiger partial charge in [0, 0.05) is 18.7 Å². The molecule has 1 amide bonds. The molecule has 1 saturated heterocycles. The first-order valence-corrected chi connectivity index (χ1v) is 11.3. The van der Waals surface area contributed by atoms with Gasteiger partial charge in [0.1, 0.15) is 11.5 Å². The average Bonchev–Trinajstić information content (AvgIpc) is 3.61. The van der Waals surface area contributed by atoms with Crippen LogP contribution in [0, 0.1) is 0 Å². The number of rotatable bonds is 7. The molecule has 4 heterocycles. The van der Waals surface area contributed by atoms with Crippen molar-refractivity contribution >= 4 is 23.1 Å². The van der Waals surface area contributed by atoms with Gasteiger partial charge in [-0.1, -0.05) is 41.6 Å². The Hall–Kier alpha value is -3.32. The van der Waals surface area contributed by atoms with E-state index in [9.17, 15) is 4.79 Å². The molecule has 0 radical (unpaired) electrons. The monoisotopic (exact) mass is 433 g/mol. The lowest BCUT2D eigenvalue weighted by molar-refractivity contribution is 0.0723. The second kappa shape index (κ2) is 8.81. The molecule has 1 aromatic carbocycles. The first-order valence-electron chi connectivity index (χ1n) is 10.4. The summed E-state index contributed by atoms with van der Waals surface area (Å²) in [5, 5.41) is 6.35. The van der Waals surface area contributed by atoms with E-state index in [1.807, 2.05) is 64.9 Å². The molecule has 0 spiro atoms. The molecule has 7 heteroatoms. The highest BCUT2D eigenvalue weighted by Gasteiger charge is 2.28. The third-order valence-electron chi connectivity index (χ3n) is 5.50. The quantitative estimate of drug-likeness (QED) is 0.388. The molecular formula is C24H23N3O3S. The van der Waals surface area contributed by atoms with Crippen LogP contribution in [0.4, 0.5) is 5.88 Å². The zero-order valence-corrected chi connectivity index (χ0v) is 17.9. The van der Waals surface area contributed by atoms with Crippen LogP contribution in [0.3, 0.4) is 0 Å². The normalized spacial score (nSPS) is 13.6. The Bertz CT molecular complexity index is 1110. The molecule has 6 nitrogen and oxygen atoms in total. The number of carbonyl (C=O) groups is 1. The number of carbonyl (C=O) groups excluding carboxylic acids is 1. The molecule has 0 bridgehead atoms. The summed E-state index contributed by atoms with van der Waals surface area (Å²) < 4.78 is 11.4. The molecule has 0 saturated carbocycles. The molecule has 1 aliphatic heterocycles. The number of amides is 1. The first kappa shape index (κ1) is 19.6. The summed E-state index contributed by atoms with van der Waals surface area (Å²) in [5.41, 5.74) is 2.70. The van der Waals surface area contributed by atoms with Gasteiger partial charge in [0.2, 0.25) is 5.88 Å². The van der Waals surface area contributed by atoms with Gasteiger partial charge >= 0.3 is 0 Å². The summed E-state index contributed by atoms with van der Waals surface area (Å²) in [6, 6.07) is 17.5. The fourth-order valence-corrected chi connectivity index (χ4v) is 4.66. The second-order valence-corrected chi connectivity index (χ2v) is 8.54.